The van der Waals surface area contributed by atoms with Gasteiger partial charge in [0, 0.05) is 19.6 Å². The smallest absolute Gasteiger partial charge is 0.119 e. The lowest BCUT2D eigenvalue weighted by Gasteiger charge is -2.36. The molecule has 1 saturated heterocycles. The Balaban J connectivity index is 0.00000220. The second-order valence-electron chi connectivity index (χ2n) is 5.76. The van der Waals surface area contributed by atoms with E-state index in [1.807, 2.05) is 31.2 Å². The number of benzene rings is 1. The highest BCUT2D eigenvalue weighted by Crippen LogP contribution is 2.14. The molecule has 5 heteroatoms. The lowest BCUT2D eigenvalue weighted by atomic mass is 10.2. The predicted octanol–water partition coefficient (Wildman–Crippen LogP) is 2.27. The van der Waals surface area contributed by atoms with Gasteiger partial charge in [0.1, 0.15) is 18.5 Å². The molecule has 1 aromatic carbocycles. The highest BCUT2D eigenvalue weighted by atomic mass is 35.5. The fourth-order valence-corrected chi connectivity index (χ4v) is 2.68. The molecule has 0 saturated carbocycles. The summed E-state index contributed by atoms with van der Waals surface area (Å²) in [5.74, 6) is 0.813. The monoisotopic (exact) mass is 315 g/mol. The van der Waals surface area contributed by atoms with Crippen LogP contribution in [-0.2, 0) is 4.74 Å². The zero-order valence-corrected chi connectivity index (χ0v) is 13.8. The Bertz CT molecular complexity index is 420. The molecule has 4 nitrogen and oxygen atoms in total. The van der Waals surface area contributed by atoms with Crippen molar-refractivity contribution in [2.45, 2.75) is 39.1 Å². The summed E-state index contributed by atoms with van der Waals surface area (Å²) in [5.41, 5.74) is 1.16. The SMILES string of the molecule is Cc1cccc(OCC(O)CN2CC(C)OC(C)C2)c1.Cl. The van der Waals surface area contributed by atoms with E-state index in [2.05, 4.69) is 18.7 Å². The van der Waals surface area contributed by atoms with Crippen molar-refractivity contribution in [3.05, 3.63) is 29.8 Å². The Hall–Kier alpha value is -0.810. The van der Waals surface area contributed by atoms with Crippen LogP contribution in [0.15, 0.2) is 24.3 Å². The van der Waals surface area contributed by atoms with E-state index in [1.54, 1.807) is 0 Å². The van der Waals surface area contributed by atoms with Gasteiger partial charge < -0.3 is 14.6 Å². The first-order chi connectivity index (χ1) is 9.52. The average molecular weight is 316 g/mol. The first-order valence-corrected chi connectivity index (χ1v) is 7.28. The molecule has 1 aromatic rings. The van der Waals surface area contributed by atoms with Gasteiger partial charge in [0.25, 0.3) is 0 Å². The zero-order valence-electron chi connectivity index (χ0n) is 13.0. The van der Waals surface area contributed by atoms with Gasteiger partial charge in [-0.1, -0.05) is 12.1 Å². The summed E-state index contributed by atoms with van der Waals surface area (Å²) >= 11 is 0. The largest absolute Gasteiger partial charge is 0.491 e. The molecule has 1 N–H and O–H groups in total. The summed E-state index contributed by atoms with van der Waals surface area (Å²) in [6.07, 6.45) is -0.0275. The molecule has 120 valence electrons. The molecular weight excluding hydrogens is 290 g/mol. The van der Waals surface area contributed by atoms with Crippen molar-refractivity contribution in [1.82, 2.24) is 4.90 Å². The normalized spacial score (nSPS) is 24.2. The van der Waals surface area contributed by atoms with Crippen LogP contribution in [0.3, 0.4) is 0 Å². The van der Waals surface area contributed by atoms with E-state index in [0.717, 1.165) is 24.4 Å². The lowest BCUT2D eigenvalue weighted by Crippen LogP contribution is -2.48. The van der Waals surface area contributed by atoms with E-state index >= 15 is 0 Å². The predicted molar refractivity (Wildman–Crippen MR) is 86.4 cm³/mol. The van der Waals surface area contributed by atoms with Crippen molar-refractivity contribution in [1.29, 1.82) is 0 Å². The van der Waals surface area contributed by atoms with Crippen LogP contribution in [-0.4, -0.2) is 54.6 Å². The van der Waals surface area contributed by atoms with Crippen LogP contribution in [0.25, 0.3) is 0 Å². The number of ether oxygens (including phenoxy) is 2. The van der Waals surface area contributed by atoms with Crippen molar-refractivity contribution < 1.29 is 14.6 Å². The third kappa shape index (κ3) is 6.22. The number of nitrogens with zero attached hydrogens (tertiary/aromatic N) is 1. The molecule has 1 aliphatic rings. The first kappa shape index (κ1) is 18.2. The van der Waals surface area contributed by atoms with Crippen LogP contribution in [0.5, 0.6) is 5.75 Å². The van der Waals surface area contributed by atoms with Gasteiger partial charge in [-0.3, -0.25) is 4.90 Å². The minimum absolute atomic E-state index is 0. The van der Waals surface area contributed by atoms with Crippen LogP contribution in [0.4, 0.5) is 0 Å². The van der Waals surface area contributed by atoms with Gasteiger partial charge in [0.05, 0.1) is 12.2 Å². The van der Waals surface area contributed by atoms with E-state index in [4.69, 9.17) is 9.47 Å². The number of hydrogen-bond donors (Lipinski definition) is 1. The summed E-state index contributed by atoms with van der Waals surface area (Å²) in [6.45, 7) is 8.85. The Labute approximate surface area is 133 Å². The van der Waals surface area contributed by atoms with Crippen LogP contribution < -0.4 is 4.74 Å². The summed E-state index contributed by atoms with van der Waals surface area (Å²) in [4.78, 5) is 2.24. The van der Waals surface area contributed by atoms with E-state index in [0.29, 0.717) is 13.2 Å². The maximum atomic E-state index is 10.1. The highest BCUT2D eigenvalue weighted by molar-refractivity contribution is 5.85. The molecule has 1 heterocycles. The molecule has 0 aliphatic carbocycles. The molecule has 0 radical (unpaired) electrons. The number of aliphatic hydroxyl groups excluding tert-OH is 1. The maximum Gasteiger partial charge on any atom is 0.119 e. The number of halogens is 1. The molecule has 21 heavy (non-hydrogen) atoms. The van der Waals surface area contributed by atoms with Crippen molar-refractivity contribution in [3.8, 4) is 5.75 Å². The molecule has 0 spiro atoms. The second-order valence-corrected chi connectivity index (χ2v) is 5.76. The van der Waals surface area contributed by atoms with Gasteiger partial charge >= 0.3 is 0 Å². The highest BCUT2D eigenvalue weighted by Gasteiger charge is 2.23. The van der Waals surface area contributed by atoms with Crippen LogP contribution in [0.1, 0.15) is 19.4 Å². The summed E-state index contributed by atoms with van der Waals surface area (Å²) in [5, 5.41) is 10.1. The van der Waals surface area contributed by atoms with Gasteiger partial charge in [-0.05, 0) is 38.5 Å². The van der Waals surface area contributed by atoms with E-state index in [-0.39, 0.29) is 24.6 Å². The Morgan fingerprint density at radius 1 is 1.33 bits per heavy atom. The van der Waals surface area contributed by atoms with Crippen LogP contribution >= 0.6 is 12.4 Å². The zero-order chi connectivity index (χ0) is 14.5. The van der Waals surface area contributed by atoms with Crippen molar-refractivity contribution >= 4 is 12.4 Å². The van der Waals surface area contributed by atoms with Crippen molar-refractivity contribution in [2.24, 2.45) is 0 Å². The van der Waals surface area contributed by atoms with Crippen LogP contribution in [0.2, 0.25) is 0 Å². The molecule has 2 rings (SSSR count). The maximum absolute atomic E-state index is 10.1. The quantitative estimate of drug-likeness (QED) is 0.905. The van der Waals surface area contributed by atoms with Gasteiger partial charge in [-0.2, -0.15) is 0 Å². The minimum Gasteiger partial charge on any atom is -0.491 e. The minimum atomic E-state index is -0.479. The molecule has 0 amide bonds. The van der Waals surface area contributed by atoms with Crippen LogP contribution in [0, 0.1) is 6.92 Å². The summed E-state index contributed by atoms with van der Waals surface area (Å²) in [7, 11) is 0. The number of β-amino-alcohol motifs (C(OH)–C–C–N with tert-alkyl or cyclic N) is 1. The number of rotatable bonds is 5. The third-order valence-corrected chi connectivity index (χ3v) is 3.40. The number of hydrogen-bond acceptors (Lipinski definition) is 4. The molecule has 1 fully saturated rings. The number of aliphatic hydroxyl groups is 1. The Kier molecular flexibility index (Phi) is 7.46. The topological polar surface area (TPSA) is 41.9 Å². The Morgan fingerprint density at radius 2 is 2.00 bits per heavy atom. The summed E-state index contributed by atoms with van der Waals surface area (Å²) < 4.78 is 11.3. The molecule has 3 unspecified atom stereocenters. The molecular formula is C16H26ClNO3. The van der Waals surface area contributed by atoms with Gasteiger partial charge in [-0.15, -0.1) is 12.4 Å². The van der Waals surface area contributed by atoms with Gasteiger partial charge in [-0.25, -0.2) is 0 Å². The van der Waals surface area contributed by atoms with E-state index in [1.165, 1.54) is 0 Å². The average Bonchev–Trinajstić information content (AvgIpc) is 2.35. The standard InChI is InChI=1S/C16H25NO3.ClH/c1-12-5-4-6-16(7-12)19-11-15(18)10-17-8-13(2)20-14(3)9-17;/h4-7,13-15,18H,8-11H2,1-3H3;1H. The second kappa shape index (κ2) is 8.59. The summed E-state index contributed by atoms with van der Waals surface area (Å²) in [6, 6.07) is 7.88. The Morgan fingerprint density at radius 3 is 2.62 bits per heavy atom. The third-order valence-electron chi connectivity index (χ3n) is 3.40. The first-order valence-electron chi connectivity index (χ1n) is 7.28. The van der Waals surface area contributed by atoms with Crippen molar-refractivity contribution in [3.63, 3.8) is 0 Å². The number of morpholine rings is 1. The molecule has 1 aliphatic heterocycles. The molecule has 0 aromatic heterocycles. The fraction of sp³-hybridized carbons (Fsp3) is 0.625. The van der Waals surface area contributed by atoms with E-state index in [9.17, 15) is 5.11 Å². The van der Waals surface area contributed by atoms with Gasteiger partial charge in [0.2, 0.25) is 0 Å². The number of aryl methyl sites for hydroxylation is 1. The lowest BCUT2D eigenvalue weighted by molar-refractivity contribution is -0.0786. The van der Waals surface area contributed by atoms with Crippen molar-refractivity contribution in [2.75, 3.05) is 26.2 Å². The van der Waals surface area contributed by atoms with E-state index < -0.39 is 6.10 Å². The fourth-order valence-electron chi connectivity index (χ4n) is 2.68. The molecule has 0 bridgehead atoms. The van der Waals surface area contributed by atoms with Gasteiger partial charge in [0.15, 0.2) is 0 Å². The molecule has 3 atom stereocenters.